The fourth-order valence-corrected chi connectivity index (χ4v) is 9.52. The lowest BCUT2D eigenvalue weighted by molar-refractivity contribution is -0.301. The zero-order chi connectivity index (χ0) is 27.1. The molecule has 5 fully saturated rings. The van der Waals surface area contributed by atoms with Crippen molar-refractivity contribution in [2.75, 3.05) is 13.2 Å². The van der Waals surface area contributed by atoms with Gasteiger partial charge in [0.1, 0.15) is 31.2 Å². The summed E-state index contributed by atoms with van der Waals surface area (Å²) in [5, 5.41) is 54.4. The molecule has 38 heavy (non-hydrogen) atoms. The summed E-state index contributed by atoms with van der Waals surface area (Å²) in [6, 6.07) is 0. The summed E-state index contributed by atoms with van der Waals surface area (Å²) >= 11 is 0. The van der Waals surface area contributed by atoms with E-state index in [1.807, 2.05) is 0 Å². The molecule has 4 unspecified atom stereocenters. The van der Waals surface area contributed by atoms with Crippen molar-refractivity contribution in [2.24, 2.45) is 28.6 Å². The molecule has 5 N–H and O–H groups in total. The number of rotatable bonds is 4. The van der Waals surface area contributed by atoms with Crippen LogP contribution in [0, 0.1) is 28.6 Å². The van der Waals surface area contributed by atoms with Gasteiger partial charge >= 0.3 is 5.97 Å². The highest BCUT2D eigenvalue weighted by Gasteiger charge is 2.71. The van der Waals surface area contributed by atoms with E-state index in [1.54, 1.807) is 6.08 Å². The Hall–Kier alpha value is -1.40. The molecule has 2 heterocycles. The molecule has 2 aliphatic heterocycles. The molecule has 0 aromatic rings. The van der Waals surface area contributed by atoms with E-state index in [0.29, 0.717) is 44.9 Å². The molecule has 0 radical (unpaired) electrons. The van der Waals surface area contributed by atoms with Crippen molar-refractivity contribution in [3.63, 3.8) is 0 Å². The van der Waals surface area contributed by atoms with Gasteiger partial charge in [-0.2, -0.15) is 0 Å². The van der Waals surface area contributed by atoms with E-state index in [0.717, 1.165) is 18.3 Å². The van der Waals surface area contributed by atoms with Crippen LogP contribution in [0.4, 0.5) is 0 Å². The fraction of sp³-hybridized carbons (Fsp3) is 0.857. The fourth-order valence-electron chi connectivity index (χ4n) is 9.52. The summed E-state index contributed by atoms with van der Waals surface area (Å²) in [7, 11) is 0. The van der Waals surface area contributed by atoms with Gasteiger partial charge in [-0.3, -0.25) is 0 Å². The first kappa shape index (κ1) is 26.8. The smallest absolute Gasteiger partial charge is 0.331 e. The molecular weight excluding hydrogens is 496 g/mol. The average Bonchev–Trinajstić information content (AvgIpc) is 3.43. The second-order valence-electron chi connectivity index (χ2n) is 13.0. The van der Waals surface area contributed by atoms with E-state index < -0.39 is 52.7 Å². The van der Waals surface area contributed by atoms with Crippen molar-refractivity contribution in [1.82, 2.24) is 0 Å². The minimum atomic E-state index is -1.42. The van der Waals surface area contributed by atoms with Crippen molar-refractivity contribution in [3.8, 4) is 0 Å². The van der Waals surface area contributed by atoms with E-state index in [-0.39, 0.29) is 43.4 Å². The lowest BCUT2D eigenvalue weighted by atomic mass is 9.41. The minimum absolute atomic E-state index is 0.0489. The van der Waals surface area contributed by atoms with Gasteiger partial charge in [0.25, 0.3) is 0 Å². The summed E-state index contributed by atoms with van der Waals surface area (Å²) in [6.45, 7) is 2.22. The molecule has 10 nitrogen and oxygen atoms in total. The van der Waals surface area contributed by atoms with Gasteiger partial charge in [0.15, 0.2) is 6.29 Å². The van der Waals surface area contributed by atoms with Gasteiger partial charge in [0.2, 0.25) is 0 Å². The van der Waals surface area contributed by atoms with Crippen LogP contribution in [0.2, 0.25) is 0 Å². The van der Waals surface area contributed by atoms with E-state index in [1.165, 1.54) is 0 Å². The molecule has 6 aliphatic rings. The van der Waals surface area contributed by atoms with Gasteiger partial charge in [-0.25, -0.2) is 4.79 Å². The summed E-state index contributed by atoms with van der Waals surface area (Å²) in [4.78, 5) is 24.7. The molecule has 0 amide bonds. The third-order valence-electron chi connectivity index (χ3n) is 11.6. The van der Waals surface area contributed by atoms with Crippen molar-refractivity contribution >= 4 is 12.3 Å². The lowest BCUT2D eigenvalue weighted by Gasteiger charge is -2.65. The van der Waals surface area contributed by atoms with Crippen LogP contribution in [0.1, 0.15) is 64.7 Å². The maximum atomic E-state index is 12.9. The summed E-state index contributed by atoms with van der Waals surface area (Å²) in [5.74, 6) is -0.604. The molecule has 0 aromatic carbocycles. The van der Waals surface area contributed by atoms with Gasteiger partial charge in [-0.1, -0.05) is 6.92 Å². The zero-order valence-electron chi connectivity index (χ0n) is 21.8. The number of aliphatic hydroxyl groups is 5. The third-order valence-corrected chi connectivity index (χ3v) is 11.6. The van der Waals surface area contributed by atoms with Crippen LogP contribution >= 0.6 is 0 Å². The molecule has 1 saturated heterocycles. The standard InChI is InChI=1S/C28H40O10/c1-25-6-3-18-19(28(25,35)9-5-17(25)15-10-21(31)36-12-15)4-8-27(34)11-16(2-7-26(18,27)14-29)38-24-23(33)22(32)20(30)13-37-24/h10,14,16-20,22-24,30,32-35H,2-9,11-13H2,1H3/t16-,17+,18?,19?,20+,22?,23?,24-,25+,26-,27-,28-/m0/s1. The number of carbonyl (C=O) groups is 2. The molecule has 0 aromatic heterocycles. The van der Waals surface area contributed by atoms with E-state index >= 15 is 0 Å². The van der Waals surface area contributed by atoms with E-state index in [4.69, 9.17) is 14.2 Å². The van der Waals surface area contributed by atoms with Gasteiger partial charge in [0, 0.05) is 17.9 Å². The van der Waals surface area contributed by atoms with Crippen LogP contribution in [0.15, 0.2) is 11.6 Å². The number of aldehydes is 1. The molecule has 4 aliphatic carbocycles. The Kier molecular flexibility index (Phi) is 6.39. The maximum absolute atomic E-state index is 12.9. The topological polar surface area (TPSA) is 163 Å². The maximum Gasteiger partial charge on any atom is 0.331 e. The van der Waals surface area contributed by atoms with Crippen molar-refractivity contribution < 1.29 is 49.3 Å². The Labute approximate surface area is 222 Å². The number of hydrogen-bond donors (Lipinski definition) is 5. The van der Waals surface area contributed by atoms with Gasteiger partial charge in [0.05, 0.1) is 29.3 Å². The summed E-state index contributed by atoms with van der Waals surface area (Å²) in [6.07, 6.45) is 1.56. The minimum Gasteiger partial charge on any atom is -0.458 e. The predicted molar refractivity (Wildman–Crippen MR) is 130 cm³/mol. The number of carbonyl (C=O) groups excluding carboxylic acids is 2. The van der Waals surface area contributed by atoms with Gasteiger partial charge in [-0.15, -0.1) is 0 Å². The second kappa shape index (κ2) is 9.06. The number of fused-ring (bicyclic) bond motifs is 5. The van der Waals surface area contributed by atoms with Crippen LogP contribution in [0.25, 0.3) is 0 Å². The Balaban J connectivity index is 1.22. The number of cyclic esters (lactones) is 1. The molecule has 6 rings (SSSR count). The molecule has 12 atom stereocenters. The first-order valence-electron chi connectivity index (χ1n) is 14.1. The monoisotopic (exact) mass is 536 g/mol. The molecule has 212 valence electrons. The summed E-state index contributed by atoms with van der Waals surface area (Å²) in [5.41, 5.74) is -2.83. The molecule has 0 bridgehead atoms. The normalized spacial score (nSPS) is 54.4. The van der Waals surface area contributed by atoms with Crippen molar-refractivity contribution in [3.05, 3.63) is 11.6 Å². The Morgan fingerprint density at radius 3 is 2.47 bits per heavy atom. The van der Waals surface area contributed by atoms with E-state index in [9.17, 15) is 35.1 Å². The van der Waals surface area contributed by atoms with Crippen LogP contribution in [-0.4, -0.2) is 92.9 Å². The molecule has 0 spiro atoms. The van der Waals surface area contributed by atoms with Crippen LogP contribution in [0.5, 0.6) is 0 Å². The largest absolute Gasteiger partial charge is 0.458 e. The van der Waals surface area contributed by atoms with E-state index in [2.05, 4.69) is 6.92 Å². The number of aliphatic hydroxyl groups excluding tert-OH is 3. The van der Waals surface area contributed by atoms with Gasteiger partial charge < -0.3 is 44.5 Å². The van der Waals surface area contributed by atoms with Crippen LogP contribution < -0.4 is 0 Å². The quantitative estimate of drug-likeness (QED) is 0.193. The third kappa shape index (κ3) is 3.57. The predicted octanol–water partition coefficient (Wildman–Crippen LogP) is 0.362. The lowest BCUT2D eigenvalue weighted by Crippen LogP contribution is -2.69. The van der Waals surface area contributed by atoms with Crippen LogP contribution in [-0.2, 0) is 23.8 Å². The Morgan fingerprint density at radius 1 is 1.00 bits per heavy atom. The number of hydrogen-bond acceptors (Lipinski definition) is 10. The highest BCUT2D eigenvalue weighted by molar-refractivity contribution is 5.85. The molecular formula is C28H40O10. The Morgan fingerprint density at radius 2 is 1.76 bits per heavy atom. The SMILES string of the molecule is C[C@]12CCC3C(CC[C@]4(O)C[C@@H](O[C@@H]5OC[C@@H](O)C(O)C5O)CC[C@]34C=O)[C@@]1(O)CC[C@@H]2C1=CC(=O)OC1. The Bertz CT molecular complexity index is 1020. The average molecular weight is 537 g/mol. The van der Waals surface area contributed by atoms with Gasteiger partial charge in [-0.05, 0) is 74.7 Å². The summed E-state index contributed by atoms with van der Waals surface area (Å²) < 4.78 is 16.6. The number of esters is 1. The highest BCUT2D eigenvalue weighted by atomic mass is 16.7. The number of ether oxygens (including phenoxy) is 3. The van der Waals surface area contributed by atoms with Crippen molar-refractivity contribution in [1.29, 1.82) is 0 Å². The van der Waals surface area contributed by atoms with Crippen molar-refractivity contribution in [2.45, 2.75) is 107 Å². The molecule has 10 heteroatoms. The van der Waals surface area contributed by atoms with Crippen LogP contribution in [0.3, 0.4) is 0 Å². The zero-order valence-corrected chi connectivity index (χ0v) is 21.8. The molecule has 4 saturated carbocycles. The first-order valence-corrected chi connectivity index (χ1v) is 14.1. The first-order chi connectivity index (χ1) is 18.0. The second-order valence-corrected chi connectivity index (χ2v) is 13.0. The highest BCUT2D eigenvalue weighted by Crippen LogP contribution is 2.70.